The molecule has 0 bridgehead atoms. The molecule has 0 spiro atoms. The van der Waals surface area contributed by atoms with E-state index in [2.05, 4.69) is 10.2 Å². The highest BCUT2D eigenvalue weighted by Crippen LogP contribution is 2.29. The molecule has 0 saturated carbocycles. The van der Waals surface area contributed by atoms with Crippen LogP contribution < -0.4 is 10.2 Å². The Morgan fingerprint density at radius 1 is 1.53 bits per heavy atom. The first kappa shape index (κ1) is 14.1. The van der Waals surface area contributed by atoms with Gasteiger partial charge in [0.25, 0.3) is 0 Å². The van der Waals surface area contributed by atoms with Gasteiger partial charge in [-0.1, -0.05) is 6.07 Å². The summed E-state index contributed by atoms with van der Waals surface area (Å²) in [6, 6.07) is 5.84. The number of benzene rings is 1. The number of aromatic hydroxyl groups is 1. The summed E-state index contributed by atoms with van der Waals surface area (Å²) in [5, 5.41) is 22.4. The Bertz CT molecular complexity index is 425. The van der Waals surface area contributed by atoms with E-state index in [0.717, 1.165) is 17.8 Å². The molecule has 19 heavy (non-hydrogen) atoms. The molecule has 2 atom stereocenters. The average Bonchev–Trinajstić information content (AvgIpc) is 2.46. The van der Waals surface area contributed by atoms with Crippen LogP contribution in [-0.4, -0.2) is 49.7 Å². The summed E-state index contributed by atoms with van der Waals surface area (Å²) in [4.78, 5) is 2.12. The van der Waals surface area contributed by atoms with Gasteiger partial charge in [0, 0.05) is 36.4 Å². The number of ether oxygens (including phenoxy) is 1. The highest BCUT2D eigenvalue weighted by Gasteiger charge is 2.21. The number of hydrogen-bond acceptors (Lipinski definition) is 5. The van der Waals surface area contributed by atoms with Crippen molar-refractivity contribution in [2.45, 2.75) is 19.1 Å². The molecule has 0 aromatic heterocycles. The largest absolute Gasteiger partial charge is 0.508 e. The summed E-state index contributed by atoms with van der Waals surface area (Å²) in [7, 11) is 1.87. The van der Waals surface area contributed by atoms with E-state index in [9.17, 15) is 5.11 Å². The van der Waals surface area contributed by atoms with Crippen LogP contribution in [0.4, 0.5) is 5.69 Å². The zero-order valence-electron chi connectivity index (χ0n) is 11.5. The number of anilines is 1. The van der Waals surface area contributed by atoms with E-state index in [0.29, 0.717) is 18.9 Å². The van der Waals surface area contributed by atoms with Crippen LogP contribution in [-0.2, 0) is 4.74 Å². The molecule has 3 N–H and O–H groups in total. The molecular weight excluding hydrogens is 244 g/mol. The van der Waals surface area contributed by atoms with Crippen molar-refractivity contribution in [3.63, 3.8) is 0 Å². The van der Waals surface area contributed by atoms with E-state index >= 15 is 0 Å². The van der Waals surface area contributed by atoms with Crippen LogP contribution in [0.2, 0.25) is 0 Å². The number of aliphatic hydroxyl groups excluding tert-OH is 1. The molecule has 0 amide bonds. The minimum absolute atomic E-state index is 0.0252. The van der Waals surface area contributed by atoms with Crippen molar-refractivity contribution in [1.29, 1.82) is 0 Å². The van der Waals surface area contributed by atoms with Crippen LogP contribution in [0, 0.1) is 0 Å². The standard InChI is InChI=1S/C14H22N2O3/c1-10(15-2)13-4-3-11(7-14(13)18)16-5-6-19-12(8-16)9-17/h3-4,7,10,12,15,17-18H,5-6,8-9H2,1-2H3. The Hall–Kier alpha value is -1.30. The first-order valence-corrected chi connectivity index (χ1v) is 6.63. The molecule has 1 aliphatic heterocycles. The third-order valence-electron chi connectivity index (χ3n) is 3.62. The second-order valence-corrected chi connectivity index (χ2v) is 4.87. The van der Waals surface area contributed by atoms with Crippen LogP contribution in [0.15, 0.2) is 18.2 Å². The summed E-state index contributed by atoms with van der Waals surface area (Å²) < 4.78 is 5.42. The highest BCUT2D eigenvalue weighted by atomic mass is 16.5. The lowest BCUT2D eigenvalue weighted by atomic mass is 10.1. The molecule has 2 unspecified atom stereocenters. The van der Waals surface area contributed by atoms with Gasteiger partial charge in [0.2, 0.25) is 0 Å². The van der Waals surface area contributed by atoms with Crippen molar-refractivity contribution in [2.24, 2.45) is 0 Å². The van der Waals surface area contributed by atoms with E-state index in [4.69, 9.17) is 9.84 Å². The summed E-state index contributed by atoms with van der Waals surface area (Å²) in [5.74, 6) is 0.298. The smallest absolute Gasteiger partial charge is 0.122 e. The maximum atomic E-state index is 10.1. The number of morpholine rings is 1. The van der Waals surface area contributed by atoms with E-state index in [-0.39, 0.29) is 18.8 Å². The fourth-order valence-electron chi connectivity index (χ4n) is 2.31. The predicted molar refractivity (Wildman–Crippen MR) is 74.6 cm³/mol. The number of aliphatic hydroxyl groups is 1. The van der Waals surface area contributed by atoms with Crippen molar-refractivity contribution in [2.75, 3.05) is 38.3 Å². The summed E-state index contributed by atoms with van der Waals surface area (Å²) >= 11 is 0. The second-order valence-electron chi connectivity index (χ2n) is 4.87. The summed E-state index contributed by atoms with van der Waals surface area (Å²) in [5.41, 5.74) is 1.85. The first-order chi connectivity index (χ1) is 9.15. The SMILES string of the molecule is CNC(C)c1ccc(N2CCOC(CO)C2)cc1O. The molecule has 5 heteroatoms. The zero-order valence-corrected chi connectivity index (χ0v) is 11.5. The van der Waals surface area contributed by atoms with Gasteiger partial charge in [0.1, 0.15) is 5.75 Å². The van der Waals surface area contributed by atoms with Gasteiger partial charge in [-0.2, -0.15) is 0 Å². The quantitative estimate of drug-likeness (QED) is 0.755. The van der Waals surface area contributed by atoms with Crippen LogP contribution in [0.1, 0.15) is 18.5 Å². The van der Waals surface area contributed by atoms with Crippen molar-refractivity contribution in [1.82, 2.24) is 5.32 Å². The van der Waals surface area contributed by atoms with Gasteiger partial charge in [-0.15, -0.1) is 0 Å². The fraction of sp³-hybridized carbons (Fsp3) is 0.571. The van der Waals surface area contributed by atoms with Crippen LogP contribution in [0.3, 0.4) is 0 Å². The number of phenolic OH excluding ortho intramolecular Hbond substituents is 1. The number of phenols is 1. The maximum Gasteiger partial charge on any atom is 0.122 e. The Morgan fingerprint density at radius 2 is 2.32 bits per heavy atom. The van der Waals surface area contributed by atoms with Gasteiger partial charge < -0.3 is 25.2 Å². The topological polar surface area (TPSA) is 65.0 Å². The third kappa shape index (κ3) is 3.18. The fourth-order valence-corrected chi connectivity index (χ4v) is 2.31. The lowest BCUT2D eigenvalue weighted by Gasteiger charge is -2.34. The van der Waals surface area contributed by atoms with Crippen LogP contribution >= 0.6 is 0 Å². The second kappa shape index (κ2) is 6.23. The lowest BCUT2D eigenvalue weighted by Crippen LogP contribution is -2.44. The number of nitrogens with one attached hydrogen (secondary N) is 1. The number of rotatable bonds is 4. The van der Waals surface area contributed by atoms with E-state index < -0.39 is 0 Å². The average molecular weight is 266 g/mol. The maximum absolute atomic E-state index is 10.1. The third-order valence-corrected chi connectivity index (χ3v) is 3.62. The van der Waals surface area contributed by atoms with Crippen LogP contribution in [0.25, 0.3) is 0 Å². The molecule has 106 valence electrons. The van der Waals surface area contributed by atoms with Gasteiger partial charge >= 0.3 is 0 Å². The Kier molecular flexibility index (Phi) is 4.63. The normalized spacial score (nSPS) is 21.4. The molecule has 5 nitrogen and oxygen atoms in total. The monoisotopic (exact) mass is 266 g/mol. The van der Waals surface area contributed by atoms with Gasteiger partial charge in [0.15, 0.2) is 0 Å². The van der Waals surface area contributed by atoms with E-state index in [1.807, 2.05) is 26.1 Å². The first-order valence-electron chi connectivity index (χ1n) is 6.63. The highest BCUT2D eigenvalue weighted by molar-refractivity contribution is 5.54. The molecule has 1 saturated heterocycles. The number of hydrogen-bond donors (Lipinski definition) is 3. The Balaban J connectivity index is 2.15. The molecule has 2 rings (SSSR count). The number of nitrogens with zero attached hydrogens (tertiary/aromatic N) is 1. The minimum atomic E-state index is -0.146. The molecular formula is C14H22N2O3. The van der Waals surface area contributed by atoms with Gasteiger partial charge in [-0.05, 0) is 20.0 Å². The van der Waals surface area contributed by atoms with Gasteiger partial charge in [-0.25, -0.2) is 0 Å². The van der Waals surface area contributed by atoms with Crippen molar-refractivity contribution >= 4 is 5.69 Å². The van der Waals surface area contributed by atoms with E-state index in [1.165, 1.54) is 0 Å². The van der Waals surface area contributed by atoms with Crippen molar-refractivity contribution in [3.8, 4) is 5.75 Å². The molecule has 1 aromatic rings. The van der Waals surface area contributed by atoms with Crippen molar-refractivity contribution < 1.29 is 14.9 Å². The van der Waals surface area contributed by atoms with Gasteiger partial charge in [-0.3, -0.25) is 0 Å². The zero-order chi connectivity index (χ0) is 13.8. The van der Waals surface area contributed by atoms with Crippen molar-refractivity contribution in [3.05, 3.63) is 23.8 Å². The molecule has 1 aromatic carbocycles. The Labute approximate surface area is 113 Å². The molecule has 1 heterocycles. The summed E-state index contributed by atoms with van der Waals surface area (Å²) in [6.07, 6.45) is -0.146. The predicted octanol–water partition coefficient (Wildman–Crippen LogP) is 0.870. The molecule has 0 aliphatic carbocycles. The summed E-state index contributed by atoms with van der Waals surface area (Å²) in [6.45, 7) is 4.05. The Morgan fingerprint density at radius 3 is 2.95 bits per heavy atom. The van der Waals surface area contributed by atoms with Crippen LogP contribution in [0.5, 0.6) is 5.75 Å². The molecule has 1 fully saturated rings. The van der Waals surface area contributed by atoms with Gasteiger partial charge in [0.05, 0.1) is 19.3 Å². The minimum Gasteiger partial charge on any atom is -0.508 e. The molecule has 0 radical (unpaired) electrons. The molecule has 1 aliphatic rings. The van der Waals surface area contributed by atoms with E-state index in [1.54, 1.807) is 6.07 Å². The lowest BCUT2D eigenvalue weighted by molar-refractivity contribution is 0.00356.